The Hall–Kier alpha value is -0.910. The van der Waals surface area contributed by atoms with Crippen LogP contribution in [0.1, 0.15) is 19.8 Å². The van der Waals surface area contributed by atoms with Gasteiger partial charge in [0.2, 0.25) is 0 Å². The minimum absolute atomic E-state index is 0.0708. The Morgan fingerprint density at radius 1 is 1.47 bits per heavy atom. The fourth-order valence-corrected chi connectivity index (χ4v) is 1.32. The zero-order chi connectivity index (χ0) is 13.1. The summed E-state index contributed by atoms with van der Waals surface area (Å²) in [5.74, 6) is -0.277. The Morgan fingerprint density at radius 2 is 2.18 bits per heavy atom. The summed E-state index contributed by atoms with van der Waals surface area (Å²) in [6.45, 7) is 3.00. The van der Waals surface area contributed by atoms with E-state index in [0.717, 1.165) is 19.4 Å². The van der Waals surface area contributed by atoms with Gasteiger partial charge in [0.15, 0.2) is 5.78 Å². The molecule has 0 aliphatic rings. The number of carbonyl (C=O) groups is 1. The highest BCUT2D eigenvalue weighted by atomic mass is 16.5. The van der Waals surface area contributed by atoms with Crippen molar-refractivity contribution in [1.82, 2.24) is 5.32 Å². The molecule has 0 aromatic rings. The first-order chi connectivity index (χ1) is 8.17. The van der Waals surface area contributed by atoms with E-state index in [1.54, 1.807) is 6.20 Å². The van der Waals surface area contributed by atoms with Gasteiger partial charge in [0.25, 0.3) is 0 Å². The second kappa shape index (κ2) is 10.3. The van der Waals surface area contributed by atoms with Crippen LogP contribution in [0.5, 0.6) is 0 Å². The van der Waals surface area contributed by atoms with Gasteiger partial charge in [-0.2, -0.15) is 0 Å². The number of aliphatic hydroxyl groups excluding tert-OH is 1. The largest absolute Gasteiger partial charge is 0.391 e. The van der Waals surface area contributed by atoms with E-state index in [0.29, 0.717) is 0 Å². The van der Waals surface area contributed by atoms with Crippen LogP contribution in [0.25, 0.3) is 0 Å². The summed E-state index contributed by atoms with van der Waals surface area (Å²) in [5.41, 5.74) is 0. The fraction of sp³-hybridized carbons (Fsp3) is 0.750. The maximum Gasteiger partial charge on any atom is 0.188 e. The summed E-state index contributed by atoms with van der Waals surface area (Å²) in [4.78, 5) is 11.7. The van der Waals surface area contributed by atoms with Crippen LogP contribution in [0.4, 0.5) is 0 Å². The quantitative estimate of drug-likeness (QED) is 0.433. The van der Waals surface area contributed by atoms with Crippen molar-refractivity contribution in [3.8, 4) is 0 Å². The molecule has 0 rings (SSSR count). The monoisotopic (exact) mass is 245 g/mol. The van der Waals surface area contributed by atoms with Crippen molar-refractivity contribution < 1.29 is 19.4 Å². The van der Waals surface area contributed by atoms with E-state index in [-0.39, 0.29) is 12.4 Å². The van der Waals surface area contributed by atoms with Crippen LogP contribution < -0.4 is 5.32 Å². The molecule has 17 heavy (non-hydrogen) atoms. The average molecular weight is 245 g/mol. The zero-order valence-corrected chi connectivity index (χ0v) is 10.8. The molecule has 2 N–H and O–H groups in total. The van der Waals surface area contributed by atoms with Crippen LogP contribution in [-0.4, -0.2) is 50.5 Å². The SMILES string of the molecule is CCCCN/C=C\C(=O)[C@@H](OC)[C@H](O)COC. The third kappa shape index (κ3) is 7.10. The van der Waals surface area contributed by atoms with E-state index in [4.69, 9.17) is 9.47 Å². The molecule has 0 amide bonds. The van der Waals surface area contributed by atoms with E-state index in [9.17, 15) is 9.90 Å². The zero-order valence-electron chi connectivity index (χ0n) is 10.8. The van der Waals surface area contributed by atoms with Crippen LogP contribution in [-0.2, 0) is 14.3 Å². The molecule has 0 radical (unpaired) electrons. The molecular formula is C12H23NO4. The third-order valence-corrected chi connectivity index (χ3v) is 2.26. The Kier molecular flexibility index (Phi) is 9.71. The predicted molar refractivity (Wildman–Crippen MR) is 65.7 cm³/mol. The minimum atomic E-state index is -0.946. The van der Waals surface area contributed by atoms with Crippen molar-refractivity contribution in [3.63, 3.8) is 0 Å². The van der Waals surface area contributed by atoms with Gasteiger partial charge in [-0.05, 0) is 12.5 Å². The van der Waals surface area contributed by atoms with Crippen LogP contribution >= 0.6 is 0 Å². The molecule has 0 aliphatic carbocycles. The second-order valence-electron chi connectivity index (χ2n) is 3.72. The summed E-state index contributed by atoms with van der Waals surface area (Å²) in [6.07, 6.45) is 3.30. The Balaban J connectivity index is 4.07. The van der Waals surface area contributed by atoms with Crippen LogP contribution in [0.15, 0.2) is 12.3 Å². The highest BCUT2D eigenvalue weighted by molar-refractivity contribution is 5.93. The molecule has 0 saturated carbocycles. The van der Waals surface area contributed by atoms with Crippen LogP contribution in [0, 0.1) is 0 Å². The Morgan fingerprint density at radius 3 is 2.71 bits per heavy atom. The van der Waals surface area contributed by atoms with Gasteiger partial charge in [-0.25, -0.2) is 0 Å². The van der Waals surface area contributed by atoms with Crippen LogP contribution in [0.2, 0.25) is 0 Å². The molecule has 0 aliphatic heterocycles. The lowest BCUT2D eigenvalue weighted by molar-refractivity contribution is -0.133. The first kappa shape index (κ1) is 16.1. The summed E-state index contributed by atoms with van der Waals surface area (Å²) in [7, 11) is 2.85. The maximum absolute atomic E-state index is 11.7. The van der Waals surface area contributed by atoms with E-state index < -0.39 is 12.2 Å². The Labute approximate surface area is 103 Å². The van der Waals surface area contributed by atoms with Gasteiger partial charge in [0, 0.05) is 27.0 Å². The number of unbranched alkanes of at least 4 members (excludes halogenated alkanes) is 1. The number of methoxy groups -OCH3 is 2. The molecule has 0 bridgehead atoms. The lowest BCUT2D eigenvalue weighted by atomic mass is 10.1. The first-order valence-corrected chi connectivity index (χ1v) is 5.80. The number of nitrogens with one attached hydrogen (secondary N) is 1. The summed E-state index contributed by atoms with van der Waals surface area (Å²) in [5, 5.41) is 12.6. The number of hydrogen-bond acceptors (Lipinski definition) is 5. The number of rotatable bonds is 10. The van der Waals surface area contributed by atoms with Gasteiger partial charge in [-0.15, -0.1) is 0 Å². The van der Waals surface area contributed by atoms with Gasteiger partial charge in [-0.1, -0.05) is 13.3 Å². The number of carbonyl (C=O) groups excluding carboxylic acids is 1. The molecule has 0 spiro atoms. The summed E-state index contributed by atoms with van der Waals surface area (Å²) < 4.78 is 9.72. The van der Waals surface area contributed by atoms with E-state index in [1.807, 2.05) is 0 Å². The van der Waals surface area contributed by atoms with Crippen molar-refractivity contribution >= 4 is 5.78 Å². The third-order valence-electron chi connectivity index (χ3n) is 2.26. The van der Waals surface area contributed by atoms with Crippen molar-refractivity contribution in [2.75, 3.05) is 27.4 Å². The van der Waals surface area contributed by atoms with Gasteiger partial charge >= 0.3 is 0 Å². The van der Waals surface area contributed by atoms with Gasteiger partial charge in [-0.3, -0.25) is 4.79 Å². The number of ether oxygens (including phenoxy) is 2. The average Bonchev–Trinajstić information content (AvgIpc) is 2.30. The van der Waals surface area contributed by atoms with Crippen molar-refractivity contribution in [2.24, 2.45) is 0 Å². The normalized spacial score (nSPS) is 14.8. The minimum Gasteiger partial charge on any atom is -0.391 e. The van der Waals surface area contributed by atoms with Gasteiger partial charge in [0.1, 0.15) is 12.2 Å². The highest BCUT2D eigenvalue weighted by Gasteiger charge is 2.24. The molecule has 0 heterocycles. The molecule has 100 valence electrons. The van der Waals surface area contributed by atoms with Crippen molar-refractivity contribution in [2.45, 2.75) is 32.0 Å². The molecule has 5 heteroatoms. The first-order valence-electron chi connectivity index (χ1n) is 5.80. The molecule has 5 nitrogen and oxygen atoms in total. The maximum atomic E-state index is 11.7. The van der Waals surface area contributed by atoms with E-state index >= 15 is 0 Å². The lowest BCUT2D eigenvalue weighted by Gasteiger charge is -2.18. The lowest BCUT2D eigenvalue weighted by Crippen LogP contribution is -2.37. The summed E-state index contributed by atoms with van der Waals surface area (Å²) >= 11 is 0. The van der Waals surface area contributed by atoms with Crippen molar-refractivity contribution in [3.05, 3.63) is 12.3 Å². The molecule has 0 unspecified atom stereocenters. The predicted octanol–water partition coefficient (Wildman–Crippen LogP) is 0.481. The van der Waals surface area contributed by atoms with Crippen LogP contribution in [0.3, 0.4) is 0 Å². The Bertz CT molecular complexity index is 231. The molecule has 2 atom stereocenters. The smallest absolute Gasteiger partial charge is 0.188 e. The number of ketones is 1. The molecule has 0 saturated heterocycles. The molecule has 0 aromatic carbocycles. The second-order valence-corrected chi connectivity index (χ2v) is 3.72. The summed E-state index contributed by atoms with van der Waals surface area (Å²) in [6, 6.07) is 0. The topological polar surface area (TPSA) is 67.8 Å². The number of hydrogen-bond donors (Lipinski definition) is 2. The fourth-order valence-electron chi connectivity index (χ4n) is 1.32. The standard InChI is InChI=1S/C12H23NO4/c1-4-5-7-13-8-6-10(14)12(17-3)11(15)9-16-2/h6,8,11-13,15H,4-5,7,9H2,1-3H3/b8-6-/t11-,12-/m1/s1. The van der Waals surface area contributed by atoms with Crippen molar-refractivity contribution in [1.29, 1.82) is 0 Å². The van der Waals surface area contributed by atoms with Gasteiger partial charge < -0.3 is 19.9 Å². The van der Waals surface area contributed by atoms with Gasteiger partial charge in [0.05, 0.1) is 6.61 Å². The molecular weight excluding hydrogens is 222 g/mol. The highest BCUT2D eigenvalue weighted by Crippen LogP contribution is 2.01. The molecule has 0 fully saturated rings. The molecule has 0 aromatic heterocycles. The van der Waals surface area contributed by atoms with E-state index in [2.05, 4.69) is 12.2 Å². The van der Waals surface area contributed by atoms with E-state index in [1.165, 1.54) is 20.3 Å². The number of aliphatic hydroxyl groups is 1.